The Hall–Kier alpha value is -1.14. The van der Waals surface area contributed by atoms with Gasteiger partial charge in [0.25, 0.3) is 0 Å². The zero-order valence-corrected chi connectivity index (χ0v) is 8.89. The van der Waals surface area contributed by atoms with Gasteiger partial charge < -0.3 is 9.84 Å². The van der Waals surface area contributed by atoms with E-state index in [1.165, 1.54) is 0 Å². The lowest BCUT2D eigenvalue weighted by Crippen LogP contribution is -1.99. The summed E-state index contributed by atoms with van der Waals surface area (Å²) in [5.41, 5.74) is 0.812. The molecule has 0 spiro atoms. The van der Waals surface area contributed by atoms with E-state index < -0.39 is 0 Å². The molecular weight excluding hydrogens is 224 g/mol. The first kappa shape index (κ1) is 9.42. The minimum atomic E-state index is 0.384. The van der Waals surface area contributed by atoms with Gasteiger partial charge in [0, 0.05) is 6.07 Å². The number of anilines is 1. The molecule has 0 aliphatic rings. The maximum atomic E-state index is 5.74. The summed E-state index contributed by atoms with van der Waals surface area (Å²) in [6, 6.07) is 1.85. The first-order valence-electron chi connectivity index (χ1n) is 3.90. The molecule has 0 bridgehead atoms. The minimum Gasteiger partial charge on any atom is -0.361 e. The van der Waals surface area contributed by atoms with Gasteiger partial charge in [0.15, 0.2) is 11.0 Å². The molecule has 5 nitrogen and oxygen atoms in total. The number of hydrogen-bond donors (Lipinski definition) is 1. The first-order valence-corrected chi connectivity index (χ1v) is 5.00. The Balaban J connectivity index is 1.98. The number of nitrogens with zero attached hydrogens (tertiary/aromatic N) is 3. The van der Waals surface area contributed by atoms with Crippen molar-refractivity contribution in [3.63, 3.8) is 0 Å². The molecule has 0 saturated heterocycles. The number of nitrogens with one attached hydrogen (secondary N) is 1. The SMILES string of the molecule is Cc1cc(CNc2nsnc2Cl)no1. The van der Waals surface area contributed by atoms with Gasteiger partial charge in [-0.15, -0.1) is 0 Å². The summed E-state index contributed by atoms with van der Waals surface area (Å²) in [5, 5.41) is 7.21. The van der Waals surface area contributed by atoms with Crippen LogP contribution in [0.15, 0.2) is 10.6 Å². The van der Waals surface area contributed by atoms with Crippen molar-refractivity contribution in [2.24, 2.45) is 0 Å². The van der Waals surface area contributed by atoms with Crippen LogP contribution < -0.4 is 5.32 Å². The fourth-order valence-corrected chi connectivity index (χ4v) is 1.64. The molecule has 1 N–H and O–H groups in total. The molecule has 0 atom stereocenters. The van der Waals surface area contributed by atoms with Crippen LogP contribution in [0.4, 0.5) is 5.82 Å². The fraction of sp³-hybridized carbons (Fsp3) is 0.286. The normalized spacial score (nSPS) is 10.4. The van der Waals surface area contributed by atoms with Gasteiger partial charge >= 0.3 is 0 Å². The van der Waals surface area contributed by atoms with Gasteiger partial charge in [-0.05, 0) is 6.92 Å². The largest absolute Gasteiger partial charge is 0.361 e. The van der Waals surface area contributed by atoms with E-state index in [1.807, 2.05) is 13.0 Å². The summed E-state index contributed by atoms with van der Waals surface area (Å²) in [4.78, 5) is 0. The van der Waals surface area contributed by atoms with E-state index in [4.69, 9.17) is 16.1 Å². The Morgan fingerprint density at radius 3 is 3.00 bits per heavy atom. The predicted molar refractivity (Wildman–Crippen MR) is 53.5 cm³/mol. The van der Waals surface area contributed by atoms with Gasteiger partial charge in [-0.25, -0.2) is 0 Å². The summed E-state index contributed by atoms with van der Waals surface area (Å²) in [6.07, 6.45) is 0. The average Bonchev–Trinajstić information content (AvgIpc) is 2.72. The van der Waals surface area contributed by atoms with Gasteiger partial charge in [0.2, 0.25) is 0 Å². The van der Waals surface area contributed by atoms with Crippen LogP contribution in [0.2, 0.25) is 5.15 Å². The topological polar surface area (TPSA) is 63.8 Å². The smallest absolute Gasteiger partial charge is 0.186 e. The van der Waals surface area contributed by atoms with Crippen LogP contribution in [0.5, 0.6) is 0 Å². The van der Waals surface area contributed by atoms with Crippen molar-refractivity contribution >= 4 is 29.1 Å². The van der Waals surface area contributed by atoms with Crippen molar-refractivity contribution in [2.45, 2.75) is 13.5 Å². The van der Waals surface area contributed by atoms with E-state index in [9.17, 15) is 0 Å². The Kier molecular flexibility index (Phi) is 2.64. The zero-order valence-electron chi connectivity index (χ0n) is 7.32. The van der Waals surface area contributed by atoms with E-state index in [-0.39, 0.29) is 0 Å². The highest BCUT2D eigenvalue weighted by Gasteiger charge is 2.05. The van der Waals surface area contributed by atoms with E-state index >= 15 is 0 Å². The quantitative estimate of drug-likeness (QED) is 0.875. The van der Waals surface area contributed by atoms with Gasteiger partial charge in [-0.3, -0.25) is 0 Å². The highest BCUT2D eigenvalue weighted by atomic mass is 35.5. The molecule has 14 heavy (non-hydrogen) atoms. The van der Waals surface area contributed by atoms with Crippen molar-refractivity contribution in [3.05, 3.63) is 22.7 Å². The highest BCUT2D eigenvalue weighted by molar-refractivity contribution is 6.99. The Labute approximate surface area is 89.4 Å². The summed E-state index contributed by atoms with van der Waals surface area (Å²) >= 11 is 6.81. The second-order valence-corrected chi connectivity index (χ2v) is 3.57. The third kappa shape index (κ3) is 2.02. The number of hydrogen-bond acceptors (Lipinski definition) is 6. The van der Waals surface area contributed by atoms with Gasteiger partial charge in [0.1, 0.15) is 11.5 Å². The summed E-state index contributed by atoms with van der Waals surface area (Å²) < 4.78 is 12.7. The van der Waals surface area contributed by atoms with E-state index in [1.54, 1.807) is 0 Å². The average molecular weight is 231 g/mol. The van der Waals surface area contributed by atoms with Crippen LogP contribution in [-0.4, -0.2) is 13.9 Å². The maximum Gasteiger partial charge on any atom is 0.186 e. The van der Waals surface area contributed by atoms with Crippen LogP contribution in [0.25, 0.3) is 0 Å². The summed E-state index contributed by atoms with van der Waals surface area (Å²) in [7, 11) is 0. The number of halogens is 1. The minimum absolute atomic E-state index is 0.384. The lowest BCUT2D eigenvalue weighted by Gasteiger charge is -1.97. The van der Waals surface area contributed by atoms with Crippen LogP contribution in [0.3, 0.4) is 0 Å². The molecule has 0 aliphatic heterocycles. The predicted octanol–water partition coefficient (Wildman–Crippen LogP) is 2.10. The van der Waals surface area contributed by atoms with Crippen molar-refractivity contribution in [1.29, 1.82) is 0 Å². The van der Waals surface area contributed by atoms with Gasteiger partial charge in [0.05, 0.1) is 18.3 Å². The molecule has 2 rings (SSSR count). The molecule has 0 saturated carbocycles. The standard InChI is InChI=1S/C7H7ClN4OS/c1-4-2-5(10-13-4)3-9-7-6(8)11-14-12-7/h2H,3H2,1H3,(H,9,12). The number of aromatic nitrogens is 3. The van der Waals surface area contributed by atoms with E-state index in [0.29, 0.717) is 17.5 Å². The van der Waals surface area contributed by atoms with E-state index in [2.05, 4.69) is 19.2 Å². The molecule has 0 aromatic carbocycles. The highest BCUT2D eigenvalue weighted by Crippen LogP contribution is 2.18. The van der Waals surface area contributed by atoms with Crippen LogP contribution in [0, 0.1) is 6.92 Å². The van der Waals surface area contributed by atoms with Gasteiger partial charge in [-0.1, -0.05) is 16.8 Å². The Bertz CT molecular complexity index is 427. The van der Waals surface area contributed by atoms with Crippen molar-refractivity contribution in [3.8, 4) is 0 Å². The second-order valence-electron chi connectivity index (χ2n) is 2.69. The van der Waals surface area contributed by atoms with E-state index in [0.717, 1.165) is 23.2 Å². The lowest BCUT2D eigenvalue weighted by molar-refractivity contribution is 0.391. The number of aryl methyl sites for hydroxylation is 1. The molecule has 7 heteroatoms. The van der Waals surface area contributed by atoms with Crippen molar-refractivity contribution < 1.29 is 4.52 Å². The van der Waals surface area contributed by atoms with Crippen molar-refractivity contribution in [1.82, 2.24) is 13.9 Å². The zero-order chi connectivity index (χ0) is 9.97. The van der Waals surface area contributed by atoms with Crippen LogP contribution in [-0.2, 0) is 6.54 Å². The van der Waals surface area contributed by atoms with Crippen LogP contribution >= 0.6 is 23.3 Å². The molecule has 2 aromatic heterocycles. The molecule has 0 unspecified atom stereocenters. The fourth-order valence-electron chi connectivity index (χ4n) is 0.959. The molecule has 0 radical (unpaired) electrons. The maximum absolute atomic E-state index is 5.74. The molecule has 2 aromatic rings. The monoisotopic (exact) mass is 230 g/mol. The molecule has 0 aliphatic carbocycles. The lowest BCUT2D eigenvalue weighted by atomic mass is 10.4. The third-order valence-corrected chi connectivity index (χ3v) is 2.45. The second kappa shape index (κ2) is 3.93. The Morgan fingerprint density at radius 2 is 2.43 bits per heavy atom. The third-order valence-electron chi connectivity index (χ3n) is 1.56. The Morgan fingerprint density at radius 1 is 1.57 bits per heavy atom. The molecule has 2 heterocycles. The molecule has 74 valence electrons. The molecule has 0 fully saturated rings. The van der Waals surface area contributed by atoms with Crippen LogP contribution in [0.1, 0.15) is 11.5 Å². The molecule has 0 amide bonds. The van der Waals surface area contributed by atoms with Crippen molar-refractivity contribution in [2.75, 3.05) is 5.32 Å². The molecular formula is C7H7ClN4OS. The number of rotatable bonds is 3. The summed E-state index contributed by atoms with van der Waals surface area (Å²) in [5.74, 6) is 1.36. The first-order chi connectivity index (χ1) is 6.75. The summed E-state index contributed by atoms with van der Waals surface area (Å²) in [6.45, 7) is 2.37. The van der Waals surface area contributed by atoms with Gasteiger partial charge in [-0.2, -0.15) is 8.75 Å².